The highest BCUT2D eigenvalue weighted by molar-refractivity contribution is 7.92. The van der Waals surface area contributed by atoms with Gasteiger partial charge in [-0.2, -0.15) is 0 Å². The zero-order valence-corrected chi connectivity index (χ0v) is 20.7. The Hall–Kier alpha value is -3.32. The SMILES string of the molecule is CCC[C@@H](C)NC(=O)COc1ccc(N(Cc2ccccc2)S(=O)(=O)c2ccc(C)cc2)cc1. The Balaban J connectivity index is 1.79. The smallest absolute Gasteiger partial charge is 0.264 e. The molecular weight excluding hydrogens is 448 g/mol. The largest absolute Gasteiger partial charge is 0.484 e. The minimum absolute atomic E-state index is 0.0944. The van der Waals surface area contributed by atoms with Crippen molar-refractivity contribution in [3.05, 3.63) is 90.0 Å². The lowest BCUT2D eigenvalue weighted by Gasteiger charge is -2.25. The van der Waals surface area contributed by atoms with E-state index < -0.39 is 10.0 Å². The lowest BCUT2D eigenvalue weighted by molar-refractivity contribution is -0.123. The van der Waals surface area contributed by atoms with Crippen molar-refractivity contribution in [2.24, 2.45) is 0 Å². The molecule has 0 saturated heterocycles. The second-order valence-corrected chi connectivity index (χ2v) is 10.2. The van der Waals surface area contributed by atoms with Crippen molar-refractivity contribution in [3.8, 4) is 5.75 Å². The second kappa shape index (κ2) is 11.7. The van der Waals surface area contributed by atoms with Gasteiger partial charge in [0.05, 0.1) is 17.1 Å². The highest BCUT2D eigenvalue weighted by Crippen LogP contribution is 2.28. The summed E-state index contributed by atoms with van der Waals surface area (Å²) in [5.74, 6) is 0.312. The van der Waals surface area contributed by atoms with E-state index in [1.807, 2.05) is 44.2 Å². The Morgan fingerprint density at radius 3 is 2.24 bits per heavy atom. The van der Waals surface area contributed by atoms with Crippen LogP contribution in [0.1, 0.15) is 37.8 Å². The third-order valence-electron chi connectivity index (χ3n) is 5.40. The van der Waals surface area contributed by atoms with Gasteiger partial charge in [0.15, 0.2) is 6.61 Å². The first-order chi connectivity index (χ1) is 16.3. The van der Waals surface area contributed by atoms with E-state index >= 15 is 0 Å². The van der Waals surface area contributed by atoms with Gasteiger partial charge in [-0.3, -0.25) is 9.10 Å². The fourth-order valence-corrected chi connectivity index (χ4v) is 5.03. The lowest BCUT2D eigenvalue weighted by atomic mass is 10.2. The molecule has 0 bridgehead atoms. The first kappa shape index (κ1) is 25.3. The maximum absolute atomic E-state index is 13.5. The number of nitrogens with zero attached hydrogens (tertiary/aromatic N) is 1. The molecule has 180 valence electrons. The Morgan fingerprint density at radius 1 is 0.971 bits per heavy atom. The molecule has 6 nitrogen and oxygen atoms in total. The van der Waals surface area contributed by atoms with Crippen molar-refractivity contribution in [3.63, 3.8) is 0 Å². The van der Waals surface area contributed by atoms with Crippen molar-refractivity contribution < 1.29 is 17.9 Å². The molecule has 0 aliphatic carbocycles. The minimum atomic E-state index is -3.80. The van der Waals surface area contributed by atoms with Gasteiger partial charge in [-0.05, 0) is 62.2 Å². The van der Waals surface area contributed by atoms with Gasteiger partial charge in [0.25, 0.3) is 15.9 Å². The van der Waals surface area contributed by atoms with Crippen LogP contribution in [0.5, 0.6) is 5.75 Å². The van der Waals surface area contributed by atoms with E-state index in [9.17, 15) is 13.2 Å². The number of rotatable bonds is 11. The Kier molecular flexibility index (Phi) is 8.71. The number of benzene rings is 3. The lowest BCUT2D eigenvalue weighted by Crippen LogP contribution is -2.35. The van der Waals surface area contributed by atoms with Crippen molar-refractivity contribution in [2.75, 3.05) is 10.9 Å². The standard InChI is InChI=1S/C27H32N2O4S/c1-4-8-22(3)28-27(30)20-33-25-15-13-24(14-16-25)29(19-23-9-6-5-7-10-23)34(31,32)26-17-11-21(2)12-18-26/h5-7,9-18,22H,4,8,19-20H2,1-3H3,(H,28,30)/t22-/m1/s1. The van der Waals surface area contributed by atoms with Crippen molar-refractivity contribution in [1.29, 1.82) is 0 Å². The van der Waals surface area contributed by atoms with Gasteiger partial charge >= 0.3 is 0 Å². The Morgan fingerprint density at radius 2 is 1.62 bits per heavy atom. The summed E-state index contributed by atoms with van der Waals surface area (Å²) in [6, 6.07) is 23.1. The van der Waals surface area contributed by atoms with E-state index in [-0.39, 0.29) is 30.0 Å². The van der Waals surface area contributed by atoms with Gasteiger partial charge in [-0.25, -0.2) is 8.42 Å². The summed E-state index contributed by atoms with van der Waals surface area (Å²) in [7, 11) is -3.80. The number of hydrogen-bond donors (Lipinski definition) is 1. The van der Waals surface area contributed by atoms with Crippen LogP contribution >= 0.6 is 0 Å². The van der Waals surface area contributed by atoms with Crippen LogP contribution in [0, 0.1) is 6.92 Å². The highest BCUT2D eigenvalue weighted by Gasteiger charge is 2.25. The highest BCUT2D eigenvalue weighted by atomic mass is 32.2. The average Bonchev–Trinajstić information content (AvgIpc) is 2.82. The minimum Gasteiger partial charge on any atom is -0.484 e. The van der Waals surface area contributed by atoms with Crippen LogP contribution in [0.15, 0.2) is 83.8 Å². The van der Waals surface area contributed by atoms with Crippen LogP contribution in [0.3, 0.4) is 0 Å². The molecule has 0 aromatic heterocycles. The van der Waals surface area contributed by atoms with E-state index in [0.717, 1.165) is 24.0 Å². The molecule has 0 aliphatic rings. The van der Waals surface area contributed by atoms with Gasteiger partial charge in [0.1, 0.15) is 5.75 Å². The maximum atomic E-state index is 13.5. The van der Waals surface area contributed by atoms with Gasteiger partial charge in [0.2, 0.25) is 0 Å². The van der Waals surface area contributed by atoms with E-state index in [0.29, 0.717) is 11.4 Å². The summed E-state index contributed by atoms with van der Waals surface area (Å²) in [4.78, 5) is 12.3. The topological polar surface area (TPSA) is 75.7 Å². The molecule has 1 N–H and O–H groups in total. The molecule has 0 radical (unpaired) electrons. The number of sulfonamides is 1. The third-order valence-corrected chi connectivity index (χ3v) is 7.19. The summed E-state index contributed by atoms with van der Waals surface area (Å²) in [5, 5.41) is 2.90. The maximum Gasteiger partial charge on any atom is 0.264 e. The van der Waals surface area contributed by atoms with Gasteiger partial charge in [-0.1, -0.05) is 61.4 Å². The third kappa shape index (κ3) is 6.84. The summed E-state index contributed by atoms with van der Waals surface area (Å²) in [6.45, 7) is 6.05. The molecular formula is C27H32N2O4S. The van der Waals surface area contributed by atoms with E-state index in [4.69, 9.17) is 4.74 Å². The fourth-order valence-electron chi connectivity index (χ4n) is 3.58. The molecule has 3 rings (SSSR count). The van der Waals surface area contributed by atoms with Crippen LogP contribution < -0.4 is 14.4 Å². The van der Waals surface area contributed by atoms with Crippen LogP contribution in [-0.2, 0) is 21.4 Å². The zero-order chi connectivity index (χ0) is 24.6. The van der Waals surface area contributed by atoms with E-state index in [1.165, 1.54) is 4.31 Å². The van der Waals surface area contributed by atoms with Crippen LogP contribution in [0.4, 0.5) is 5.69 Å². The average molecular weight is 481 g/mol. The number of hydrogen-bond acceptors (Lipinski definition) is 4. The number of nitrogens with one attached hydrogen (secondary N) is 1. The first-order valence-electron chi connectivity index (χ1n) is 11.4. The van der Waals surface area contributed by atoms with Crippen LogP contribution in [-0.4, -0.2) is 27.0 Å². The number of anilines is 1. The molecule has 0 heterocycles. The fraction of sp³-hybridized carbons (Fsp3) is 0.296. The molecule has 0 saturated carbocycles. The number of carbonyl (C=O) groups is 1. The predicted molar refractivity (Wildman–Crippen MR) is 135 cm³/mol. The van der Waals surface area contributed by atoms with Crippen molar-refractivity contribution >= 4 is 21.6 Å². The monoisotopic (exact) mass is 480 g/mol. The van der Waals surface area contributed by atoms with Gasteiger partial charge < -0.3 is 10.1 Å². The molecule has 34 heavy (non-hydrogen) atoms. The van der Waals surface area contributed by atoms with E-state index in [1.54, 1.807) is 48.5 Å². The second-order valence-electron chi connectivity index (χ2n) is 8.35. The van der Waals surface area contributed by atoms with Crippen LogP contribution in [0.2, 0.25) is 0 Å². The summed E-state index contributed by atoms with van der Waals surface area (Å²) >= 11 is 0. The molecule has 1 amide bonds. The molecule has 3 aromatic rings. The summed E-state index contributed by atoms with van der Waals surface area (Å²) < 4.78 is 34.1. The molecule has 3 aromatic carbocycles. The molecule has 0 fully saturated rings. The quantitative estimate of drug-likeness (QED) is 0.416. The molecule has 7 heteroatoms. The first-order valence-corrected chi connectivity index (χ1v) is 12.9. The number of amides is 1. The molecule has 0 spiro atoms. The number of aryl methyl sites for hydroxylation is 1. The normalized spacial score (nSPS) is 12.1. The van der Waals surface area contributed by atoms with Crippen LogP contribution in [0.25, 0.3) is 0 Å². The van der Waals surface area contributed by atoms with Gasteiger partial charge in [-0.15, -0.1) is 0 Å². The Labute approximate surface area is 202 Å². The summed E-state index contributed by atoms with van der Waals surface area (Å²) in [6.07, 6.45) is 1.90. The van der Waals surface area contributed by atoms with Gasteiger partial charge in [0, 0.05) is 6.04 Å². The summed E-state index contributed by atoms with van der Waals surface area (Å²) in [5.41, 5.74) is 2.37. The molecule has 1 atom stereocenters. The van der Waals surface area contributed by atoms with E-state index in [2.05, 4.69) is 12.2 Å². The number of ether oxygens (including phenoxy) is 1. The van der Waals surface area contributed by atoms with Crippen molar-refractivity contribution in [2.45, 2.75) is 51.1 Å². The number of carbonyl (C=O) groups excluding carboxylic acids is 1. The zero-order valence-electron chi connectivity index (χ0n) is 19.9. The molecule has 0 aliphatic heterocycles. The Bertz CT molecular complexity index is 1160. The molecule has 0 unspecified atom stereocenters. The predicted octanol–water partition coefficient (Wildman–Crippen LogP) is 5.07. The van der Waals surface area contributed by atoms with Crippen molar-refractivity contribution in [1.82, 2.24) is 5.32 Å².